The number of hydrogen-bond donors (Lipinski definition) is 2. The molecule has 102 valence electrons. The molecule has 0 heterocycles. The molecule has 0 spiro atoms. The van der Waals surface area contributed by atoms with Gasteiger partial charge >= 0.3 is 5.97 Å². The van der Waals surface area contributed by atoms with Gasteiger partial charge in [-0.2, -0.15) is 0 Å². The first kappa shape index (κ1) is 14.2. The van der Waals surface area contributed by atoms with Crippen molar-refractivity contribution in [3.63, 3.8) is 0 Å². The average molecular weight is 302 g/mol. The number of hydrogen-bond acceptors (Lipinski definition) is 2. The van der Waals surface area contributed by atoms with Gasteiger partial charge in [-0.3, -0.25) is 9.59 Å². The summed E-state index contributed by atoms with van der Waals surface area (Å²) in [6, 6.07) is 5.17. The van der Waals surface area contributed by atoms with Gasteiger partial charge in [0.05, 0.1) is 12.0 Å². The van der Waals surface area contributed by atoms with E-state index in [4.69, 9.17) is 28.3 Å². The van der Waals surface area contributed by atoms with E-state index in [1.165, 1.54) is 0 Å². The molecule has 1 aliphatic rings. The third kappa shape index (κ3) is 3.39. The highest BCUT2D eigenvalue weighted by atomic mass is 35.5. The maximum atomic E-state index is 11.7. The second-order valence-corrected chi connectivity index (χ2v) is 5.49. The van der Waals surface area contributed by atoms with Crippen LogP contribution in [-0.2, 0) is 15.1 Å². The number of nitrogens with one attached hydrogen (secondary N) is 1. The lowest BCUT2D eigenvalue weighted by Gasteiger charge is -2.19. The highest BCUT2D eigenvalue weighted by Gasteiger charge is 2.46. The zero-order valence-electron chi connectivity index (χ0n) is 10.1. The summed E-state index contributed by atoms with van der Waals surface area (Å²) < 4.78 is 0. The summed E-state index contributed by atoms with van der Waals surface area (Å²) in [5, 5.41) is 12.5. The number of carbonyl (C=O) groups excluding carboxylic acids is 1. The third-order valence-electron chi connectivity index (χ3n) is 3.14. The molecule has 0 bridgehead atoms. The summed E-state index contributed by atoms with van der Waals surface area (Å²) in [5.41, 5.74) is 0.388. The topological polar surface area (TPSA) is 66.4 Å². The zero-order valence-corrected chi connectivity index (χ0v) is 11.6. The SMILES string of the molecule is O=C(O)CCC(=O)NC1(c2ccc(Cl)cc2Cl)CC1. The van der Waals surface area contributed by atoms with Crippen LogP contribution in [0.4, 0.5) is 0 Å². The lowest BCUT2D eigenvalue weighted by Crippen LogP contribution is -2.35. The summed E-state index contributed by atoms with van der Waals surface area (Å²) in [4.78, 5) is 22.1. The van der Waals surface area contributed by atoms with Crippen molar-refractivity contribution in [2.45, 2.75) is 31.2 Å². The highest BCUT2D eigenvalue weighted by Crippen LogP contribution is 2.48. The van der Waals surface area contributed by atoms with Crippen molar-refractivity contribution in [1.29, 1.82) is 0 Å². The summed E-state index contributed by atoms with van der Waals surface area (Å²) in [7, 11) is 0. The molecule has 1 aromatic rings. The number of aliphatic carboxylic acids is 1. The molecule has 1 amide bonds. The normalized spacial score (nSPS) is 15.9. The summed E-state index contributed by atoms with van der Waals surface area (Å²) >= 11 is 12.0. The van der Waals surface area contributed by atoms with Crippen molar-refractivity contribution in [2.75, 3.05) is 0 Å². The number of benzene rings is 1. The molecule has 4 nitrogen and oxygen atoms in total. The summed E-state index contributed by atoms with van der Waals surface area (Å²) in [6.45, 7) is 0. The minimum absolute atomic E-state index is 0.0255. The second kappa shape index (κ2) is 5.39. The van der Waals surface area contributed by atoms with Gasteiger partial charge in [0.2, 0.25) is 5.91 Å². The number of rotatable bonds is 5. The van der Waals surface area contributed by atoms with E-state index >= 15 is 0 Å². The molecule has 2 N–H and O–H groups in total. The van der Waals surface area contributed by atoms with E-state index < -0.39 is 11.5 Å². The van der Waals surface area contributed by atoms with Crippen molar-refractivity contribution < 1.29 is 14.7 Å². The Morgan fingerprint density at radius 2 is 1.95 bits per heavy atom. The quantitative estimate of drug-likeness (QED) is 0.878. The van der Waals surface area contributed by atoms with Gasteiger partial charge in [0, 0.05) is 16.5 Å². The van der Waals surface area contributed by atoms with E-state index in [-0.39, 0.29) is 18.7 Å². The largest absolute Gasteiger partial charge is 0.481 e. The first-order chi connectivity index (χ1) is 8.93. The molecular formula is C13H13Cl2NO3. The lowest BCUT2D eigenvalue weighted by atomic mass is 10.0. The van der Waals surface area contributed by atoms with Crippen LogP contribution in [0.1, 0.15) is 31.2 Å². The molecule has 19 heavy (non-hydrogen) atoms. The van der Waals surface area contributed by atoms with E-state index in [1.54, 1.807) is 18.2 Å². The Morgan fingerprint density at radius 1 is 1.26 bits per heavy atom. The predicted octanol–water partition coefficient (Wildman–Crippen LogP) is 2.96. The van der Waals surface area contributed by atoms with Gasteiger partial charge in [0.1, 0.15) is 0 Å². The Labute approximate surface area is 120 Å². The van der Waals surface area contributed by atoms with Crippen LogP contribution in [0.25, 0.3) is 0 Å². The van der Waals surface area contributed by atoms with Crippen LogP contribution in [0.5, 0.6) is 0 Å². The van der Waals surface area contributed by atoms with Gasteiger partial charge in [-0.25, -0.2) is 0 Å². The third-order valence-corrected chi connectivity index (χ3v) is 3.69. The zero-order chi connectivity index (χ0) is 14.0. The fourth-order valence-electron chi connectivity index (χ4n) is 2.01. The highest BCUT2D eigenvalue weighted by molar-refractivity contribution is 6.35. The van der Waals surface area contributed by atoms with E-state index in [2.05, 4.69) is 5.32 Å². The van der Waals surface area contributed by atoms with Crippen LogP contribution in [-0.4, -0.2) is 17.0 Å². The number of halogens is 2. The standard InChI is InChI=1S/C13H13Cl2NO3/c14-8-1-2-9(10(15)7-8)13(5-6-13)16-11(17)3-4-12(18)19/h1-2,7H,3-6H2,(H,16,17)(H,18,19). The molecule has 0 radical (unpaired) electrons. The van der Waals surface area contributed by atoms with Crippen molar-refractivity contribution in [3.05, 3.63) is 33.8 Å². The molecule has 0 atom stereocenters. The monoisotopic (exact) mass is 301 g/mol. The van der Waals surface area contributed by atoms with Crippen molar-refractivity contribution in [3.8, 4) is 0 Å². The first-order valence-corrected chi connectivity index (χ1v) is 6.67. The maximum Gasteiger partial charge on any atom is 0.303 e. The number of carbonyl (C=O) groups is 2. The molecule has 0 unspecified atom stereocenters. The Hall–Kier alpha value is -1.26. The van der Waals surface area contributed by atoms with Gasteiger partial charge in [-0.15, -0.1) is 0 Å². The van der Waals surface area contributed by atoms with Crippen LogP contribution >= 0.6 is 23.2 Å². The van der Waals surface area contributed by atoms with Crippen LogP contribution in [0.15, 0.2) is 18.2 Å². The van der Waals surface area contributed by atoms with E-state index in [1.807, 2.05) is 0 Å². The van der Waals surface area contributed by atoms with Crippen LogP contribution < -0.4 is 5.32 Å². The Morgan fingerprint density at radius 3 is 2.47 bits per heavy atom. The Balaban J connectivity index is 2.07. The molecule has 1 fully saturated rings. The van der Waals surface area contributed by atoms with Gasteiger partial charge in [0.15, 0.2) is 0 Å². The fraction of sp³-hybridized carbons (Fsp3) is 0.385. The molecule has 0 saturated heterocycles. The average Bonchev–Trinajstić information content (AvgIpc) is 3.07. The van der Waals surface area contributed by atoms with Crippen molar-refractivity contribution >= 4 is 35.1 Å². The smallest absolute Gasteiger partial charge is 0.303 e. The van der Waals surface area contributed by atoms with Crippen LogP contribution in [0.3, 0.4) is 0 Å². The predicted molar refractivity (Wildman–Crippen MR) is 72.4 cm³/mol. The maximum absolute atomic E-state index is 11.7. The summed E-state index contributed by atoms with van der Waals surface area (Å²) in [6.07, 6.45) is 1.40. The summed E-state index contributed by atoms with van der Waals surface area (Å²) in [5.74, 6) is -1.25. The molecule has 6 heteroatoms. The molecule has 1 saturated carbocycles. The van der Waals surface area contributed by atoms with E-state index in [0.29, 0.717) is 10.0 Å². The van der Waals surface area contributed by atoms with Gasteiger partial charge in [-0.05, 0) is 30.5 Å². The Bertz CT molecular complexity index is 527. The minimum Gasteiger partial charge on any atom is -0.481 e. The number of amides is 1. The number of carboxylic acid groups (broad SMARTS) is 1. The van der Waals surface area contributed by atoms with E-state index in [0.717, 1.165) is 18.4 Å². The van der Waals surface area contributed by atoms with Crippen molar-refractivity contribution in [2.24, 2.45) is 0 Å². The first-order valence-electron chi connectivity index (χ1n) is 5.91. The minimum atomic E-state index is -0.982. The van der Waals surface area contributed by atoms with E-state index in [9.17, 15) is 9.59 Å². The number of carboxylic acids is 1. The van der Waals surface area contributed by atoms with Gasteiger partial charge in [0.25, 0.3) is 0 Å². The fourth-order valence-corrected chi connectivity index (χ4v) is 2.60. The Kier molecular flexibility index (Phi) is 4.02. The molecule has 1 aliphatic carbocycles. The molecule has 1 aromatic carbocycles. The van der Waals surface area contributed by atoms with Crippen molar-refractivity contribution in [1.82, 2.24) is 5.32 Å². The molecule has 2 rings (SSSR count). The molecule has 0 aromatic heterocycles. The molecule has 0 aliphatic heterocycles. The van der Waals surface area contributed by atoms with Gasteiger partial charge in [-0.1, -0.05) is 29.3 Å². The molecular weight excluding hydrogens is 289 g/mol. The lowest BCUT2D eigenvalue weighted by molar-refractivity contribution is -0.139. The second-order valence-electron chi connectivity index (χ2n) is 4.65. The van der Waals surface area contributed by atoms with Crippen LogP contribution in [0.2, 0.25) is 10.0 Å². The van der Waals surface area contributed by atoms with Crippen LogP contribution in [0, 0.1) is 0 Å². The van der Waals surface area contributed by atoms with Gasteiger partial charge < -0.3 is 10.4 Å².